The van der Waals surface area contributed by atoms with E-state index >= 15 is 0 Å². The number of aryl methyl sites for hydroxylation is 1. The zero-order valence-corrected chi connectivity index (χ0v) is 13.8. The van der Waals surface area contributed by atoms with Gasteiger partial charge in [0, 0.05) is 26.7 Å². The molecule has 0 bridgehead atoms. The molecule has 23 heavy (non-hydrogen) atoms. The van der Waals surface area contributed by atoms with Crippen LogP contribution in [0.15, 0.2) is 59.5 Å². The monoisotopic (exact) mass is 315 g/mol. The number of rotatable bonds is 1. The molecule has 0 unspecified atom stereocenters. The van der Waals surface area contributed by atoms with E-state index in [9.17, 15) is 0 Å². The quantitative estimate of drug-likeness (QED) is 0.438. The van der Waals surface area contributed by atoms with Gasteiger partial charge < -0.3 is 4.98 Å². The summed E-state index contributed by atoms with van der Waals surface area (Å²) in [7, 11) is 0. The lowest BCUT2D eigenvalue weighted by Gasteiger charge is -2.22. The second-order valence-corrected chi connectivity index (χ2v) is 7.00. The van der Waals surface area contributed by atoms with E-state index in [1.807, 2.05) is 11.8 Å². The summed E-state index contributed by atoms with van der Waals surface area (Å²) >= 11 is 1.89. The molecule has 4 aromatic rings. The molecule has 1 heterocycles. The average Bonchev–Trinajstić information content (AvgIpc) is 2.98. The van der Waals surface area contributed by atoms with Crippen LogP contribution >= 0.6 is 11.8 Å². The third kappa shape index (κ3) is 1.82. The van der Waals surface area contributed by atoms with Crippen LogP contribution in [0.3, 0.4) is 0 Å². The first-order valence-electron chi connectivity index (χ1n) is 8.05. The number of para-hydroxylation sites is 1. The van der Waals surface area contributed by atoms with E-state index in [0.29, 0.717) is 0 Å². The number of thioether (sulfide) groups is 1. The zero-order chi connectivity index (χ0) is 15.4. The Morgan fingerprint density at radius 1 is 0.870 bits per heavy atom. The second-order valence-electron chi connectivity index (χ2n) is 6.19. The summed E-state index contributed by atoms with van der Waals surface area (Å²) in [6.45, 7) is 0. The Morgan fingerprint density at radius 2 is 1.70 bits per heavy atom. The molecule has 5 rings (SSSR count). The molecule has 0 saturated heterocycles. The molecule has 0 amide bonds. The molecule has 1 N–H and O–H groups in total. The summed E-state index contributed by atoms with van der Waals surface area (Å²) in [6, 6.07) is 19.9. The normalized spacial score (nSPS) is 13.3. The lowest BCUT2D eigenvalue weighted by molar-refractivity contribution is 0.923. The Bertz CT molecular complexity index is 1060. The van der Waals surface area contributed by atoms with Gasteiger partial charge >= 0.3 is 0 Å². The Labute approximate surface area is 139 Å². The van der Waals surface area contributed by atoms with Gasteiger partial charge in [0.15, 0.2) is 0 Å². The van der Waals surface area contributed by atoms with Gasteiger partial charge in [0.2, 0.25) is 0 Å². The molecule has 3 aromatic carbocycles. The molecule has 0 spiro atoms. The van der Waals surface area contributed by atoms with Crippen molar-refractivity contribution in [1.29, 1.82) is 0 Å². The molecule has 1 nitrogen and oxygen atoms in total. The number of hydrogen-bond acceptors (Lipinski definition) is 1. The second kappa shape index (κ2) is 4.90. The van der Waals surface area contributed by atoms with Crippen LogP contribution < -0.4 is 0 Å². The third-order valence-electron chi connectivity index (χ3n) is 5.01. The topological polar surface area (TPSA) is 15.8 Å². The number of nitrogens with one attached hydrogen (secondary N) is 1. The minimum atomic E-state index is 1.14. The maximum atomic E-state index is 3.62. The smallest absolute Gasteiger partial charge is 0.0482 e. The van der Waals surface area contributed by atoms with Gasteiger partial charge in [-0.15, -0.1) is 11.8 Å². The highest BCUT2D eigenvalue weighted by Crippen LogP contribution is 2.44. The van der Waals surface area contributed by atoms with Gasteiger partial charge in [-0.1, -0.05) is 42.5 Å². The van der Waals surface area contributed by atoms with Crippen molar-refractivity contribution in [1.82, 2.24) is 4.98 Å². The van der Waals surface area contributed by atoms with Crippen molar-refractivity contribution in [3.05, 3.63) is 65.7 Å². The largest absolute Gasteiger partial charge is 0.354 e. The molecule has 0 aliphatic heterocycles. The van der Waals surface area contributed by atoms with Gasteiger partial charge in [0.25, 0.3) is 0 Å². The van der Waals surface area contributed by atoms with Crippen LogP contribution in [-0.2, 0) is 12.8 Å². The first-order valence-corrected chi connectivity index (χ1v) is 9.28. The number of fused-ring (bicyclic) bond motifs is 6. The Balaban J connectivity index is 1.95. The van der Waals surface area contributed by atoms with Crippen LogP contribution in [0.4, 0.5) is 0 Å². The van der Waals surface area contributed by atoms with E-state index < -0.39 is 0 Å². The van der Waals surface area contributed by atoms with Gasteiger partial charge in [-0.2, -0.15) is 0 Å². The predicted octanol–water partition coefficient (Wildman–Crippen LogP) is 5.81. The highest BCUT2D eigenvalue weighted by atomic mass is 32.2. The highest BCUT2D eigenvalue weighted by molar-refractivity contribution is 7.98. The van der Waals surface area contributed by atoms with E-state index in [1.54, 1.807) is 0 Å². The zero-order valence-electron chi connectivity index (χ0n) is 13.0. The first-order chi connectivity index (χ1) is 11.4. The summed E-state index contributed by atoms with van der Waals surface area (Å²) in [5, 5.41) is 2.74. The molecule has 1 aliphatic rings. The fraction of sp³-hybridized carbons (Fsp3) is 0.143. The van der Waals surface area contributed by atoms with E-state index in [-0.39, 0.29) is 0 Å². The fourth-order valence-electron chi connectivity index (χ4n) is 3.99. The van der Waals surface area contributed by atoms with Gasteiger partial charge in [-0.3, -0.25) is 0 Å². The van der Waals surface area contributed by atoms with E-state index in [1.165, 1.54) is 49.0 Å². The molecule has 0 atom stereocenters. The maximum absolute atomic E-state index is 3.62. The van der Waals surface area contributed by atoms with Crippen molar-refractivity contribution in [3.8, 4) is 11.1 Å². The SMILES string of the molecule is CSc1c2c(cc3[nH]c4ccccc4c13)-c1ccccc1CC2. The summed E-state index contributed by atoms with van der Waals surface area (Å²) in [6.07, 6.45) is 4.49. The van der Waals surface area contributed by atoms with Crippen LogP contribution in [0.1, 0.15) is 11.1 Å². The lowest BCUT2D eigenvalue weighted by atomic mass is 9.85. The Morgan fingerprint density at radius 3 is 2.61 bits per heavy atom. The van der Waals surface area contributed by atoms with Crippen LogP contribution in [0.5, 0.6) is 0 Å². The van der Waals surface area contributed by atoms with Gasteiger partial charge in [0.05, 0.1) is 0 Å². The van der Waals surface area contributed by atoms with Crippen molar-refractivity contribution in [2.75, 3.05) is 6.26 Å². The van der Waals surface area contributed by atoms with Crippen molar-refractivity contribution < 1.29 is 0 Å². The third-order valence-corrected chi connectivity index (χ3v) is 5.86. The molecular weight excluding hydrogens is 298 g/mol. The summed E-state index contributed by atoms with van der Waals surface area (Å²) < 4.78 is 0. The number of hydrogen-bond donors (Lipinski definition) is 1. The van der Waals surface area contributed by atoms with E-state index in [0.717, 1.165) is 12.8 Å². The summed E-state index contributed by atoms with van der Waals surface area (Å²) in [5.41, 5.74) is 8.30. The summed E-state index contributed by atoms with van der Waals surface area (Å²) in [5.74, 6) is 0. The molecule has 1 aliphatic carbocycles. The fourth-order valence-corrected chi connectivity index (χ4v) is 4.88. The lowest BCUT2D eigenvalue weighted by Crippen LogP contribution is -2.05. The van der Waals surface area contributed by atoms with E-state index in [2.05, 4.69) is 65.8 Å². The van der Waals surface area contributed by atoms with Gasteiger partial charge in [-0.25, -0.2) is 0 Å². The molecule has 2 heteroatoms. The van der Waals surface area contributed by atoms with Gasteiger partial charge in [-0.05, 0) is 53.5 Å². The van der Waals surface area contributed by atoms with Crippen molar-refractivity contribution >= 4 is 33.6 Å². The average molecular weight is 315 g/mol. The van der Waals surface area contributed by atoms with Crippen molar-refractivity contribution in [2.24, 2.45) is 0 Å². The number of aromatic amines is 1. The van der Waals surface area contributed by atoms with Crippen LogP contribution in [-0.4, -0.2) is 11.2 Å². The predicted molar refractivity (Wildman–Crippen MR) is 100 cm³/mol. The van der Waals surface area contributed by atoms with Crippen LogP contribution in [0.25, 0.3) is 32.9 Å². The number of benzene rings is 3. The van der Waals surface area contributed by atoms with Crippen LogP contribution in [0, 0.1) is 0 Å². The number of H-pyrrole nitrogens is 1. The Kier molecular flexibility index (Phi) is 2.83. The summed E-state index contributed by atoms with van der Waals surface area (Å²) in [4.78, 5) is 5.07. The van der Waals surface area contributed by atoms with E-state index in [4.69, 9.17) is 0 Å². The van der Waals surface area contributed by atoms with Crippen molar-refractivity contribution in [3.63, 3.8) is 0 Å². The van der Waals surface area contributed by atoms with Crippen molar-refractivity contribution in [2.45, 2.75) is 17.7 Å². The molecule has 112 valence electrons. The molecular formula is C21H17NS. The molecule has 0 fully saturated rings. The Hall–Kier alpha value is -2.19. The standard InChI is InChI=1S/C21H17NS/c1-23-21-15-11-10-13-6-2-3-7-14(13)17(15)12-19-20(21)16-8-4-5-9-18(16)22-19/h2-9,12,22H,10-11H2,1H3. The van der Waals surface area contributed by atoms with Crippen LogP contribution in [0.2, 0.25) is 0 Å². The molecule has 1 aromatic heterocycles. The first kappa shape index (κ1) is 13.3. The van der Waals surface area contributed by atoms with Gasteiger partial charge in [0.1, 0.15) is 0 Å². The minimum Gasteiger partial charge on any atom is -0.354 e. The molecule has 0 radical (unpaired) electrons. The maximum Gasteiger partial charge on any atom is 0.0482 e. The highest BCUT2D eigenvalue weighted by Gasteiger charge is 2.22. The minimum absolute atomic E-state index is 1.14. The number of aromatic nitrogens is 1. The molecule has 0 saturated carbocycles.